The van der Waals surface area contributed by atoms with Crippen LogP contribution >= 0.6 is 15.9 Å². The molecule has 0 radical (unpaired) electrons. The number of para-hydroxylation sites is 1. The van der Waals surface area contributed by atoms with Gasteiger partial charge in [0.2, 0.25) is 0 Å². The van der Waals surface area contributed by atoms with Crippen LogP contribution in [-0.2, 0) is 0 Å². The number of nitrogens with zero attached hydrogens (tertiary/aromatic N) is 1. The molecule has 1 aromatic carbocycles. The van der Waals surface area contributed by atoms with Gasteiger partial charge in [0.15, 0.2) is 0 Å². The number of hydrogen-bond acceptors (Lipinski definition) is 4. The molecule has 86 valence electrons. The maximum Gasteiger partial charge on any atom is 0.136 e. The van der Waals surface area contributed by atoms with E-state index in [1.54, 1.807) is 18.2 Å². The zero-order valence-corrected chi connectivity index (χ0v) is 10.4. The Kier molecular flexibility index (Phi) is 3.10. The van der Waals surface area contributed by atoms with Gasteiger partial charge in [0.1, 0.15) is 5.71 Å². The highest BCUT2D eigenvalue weighted by molar-refractivity contribution is 9.12. The third-order valence-electron chi connectivity index (χ3n) is 2.48. The molecular weight excluding hydrogens is 282 g/mol. The van der Waals surface area contributed by atoms with E-state index in [1.807, 2.05) is 18.2 Å². The summed E-state index contributed by atoms with van der Waals surface area (Å²) in [6.45, 7) is 0. The predicted octanol–water partition coefficient (Wildman–Crippen LogP) is 2.79. The molecule has 5 heteroatoms. The number of nitrogens with one attached hydrogen (secondary N) is 1. The number of allylic oxidation sites excluding steroid dienone is 4. The van der Waals surface area contributed by atoms with Crippen LogP contribution in [0, 0.1) is 5.41 Å². The van der Waals surface area contributed by atoms with Crippen LogP contribution in [0.15, 0.2) is 46.1 Å². The monoisotopic (exact) mass is 291 g/mol. The van der Waals surface area contributed by atoms with Gasteiger partial charge in [0.25, 0.3) is 0 Å². The fourth-order valence-electron chi connectivity index (χ4n) is 1.63. The Balaban J connectivity index is 2.60. The van der Waals surface area contributed by atoms with Gasteiger partial charge in [-0.2, -0.15) is 0 Å². The second-order valence-corrected chi connectivity index (χ2v) is 4.36. The second kappa shape index (κ2) is 4.55. The first-order chi connectivity index (χ1) is 8.15. The Hall–Kier alpha value is -1.88. The van der Waals surface area contributed by atoms with Crippen LogP contribution in [-0.4, -0.2) is 16.6 Å². The molecule has 4 N–H and O–H groups in total. The van der Waals surface area contributed by atoms with Crippen molar-refractivity contribution in [3.05, 3.63) is 46.5 Å². The van der Waals surface area contributed by atoms with E-state index in [0.29, 0.717) is 15.7 Å². The number of halogens is 1. The summed E-state index contributed by atoms with van der Waals surface area (Å²) in [4.78, 5) is 0. The van der Waals surface area contributed by atoms with Crippen LogP contribution in [0.25, 0.3) is 5.57 Å². The molecule has 0 saturated carbocycles. The van der Waals surface area contributed by atoms with Crippen molar-refractivity contribution in [2.45, 2.75) is 0 Å². The van der Waals surface area contributed by atoms with Gasteiger partial charge in [-0.05, 0) is 28.1 Å². The van der Waals surface area contributed by atoms with Crippen LogP contribution < -0.4 is 5.73 Å². The van der Waals surface area contributed by atoms with E-state index in [9.17, 15) is 0 Å². The fourth-order valence-corrected chi connectivity index (χ4v) is 1.95. The first kappa shape index (κ1) is 11.6. The predicted molar refractivity (Wildman–Crippen MR) is 72.8 cm³/mol. The van der Waals surface area contributed by atoms with Crippen molar-refractivity contribution in [3.8, 4) is 0 Å². The number of nitrogen functional groups attached to an aromatic ring is 1. The molecule has 0 amide bonds. The first-order valence-electron chi connectivity index (χ1n) is 4.89. The van der Waals surface area contributed by atoms with Gasteiger partial charge in [0, 0.05) is 21.3 Å². The highest BCUT2D eigenvalue weighted by Crippen LogP contribution is 2.28. The minimum absolute atomic E-state index is 0.133. The fraction of sp³-hybridized carbons (Fsp3) is 0. The Morgan fingerprint density at radius 2 is 1.94 bits per heavy atom. The minimum Gasteiger partial charge on any atom is -0.410 e. The Bertz CT molecular complexity index is 573. The van der Waals surface area contributed by atoms with Crippen molar-refractivity contribution in [2.24, 2.45) is 5.16 Å². The molecule has 0 unspecified atom stereocenters. The van der Waals surface area contributed by atoms with E-state index in [1.165, 1.54) is 0 Å². The summed E-state index contributed by atoms with van der Waals surface area (Å²) < 4.78 is 0.573. The zero-order chi connectivity index (χ0) is 12.4. The van der Waals surface area contributed by atoms with Gasteiger partial charge in [0.05, 0.1) is 5.71 Å². The molecule has 1 aliphatic carbocycles. The van der Waals surface area contributed by atoms with Gasteiger partial charge in [-0.3, -0.25) is 5.41 Å². The van der Waals surface area contributed by atoms with Crippen LogP contribution in [0.4, 0.5) is 5.69 Å². The van der Waals surface area contributed by atoms with Crippen molar-refractivity contribution < 1.29 is 5.21 Å². The lowest BCUT2D eigenvalue weighted by Crippen LogP contribution is -2.18. The van der Waals surface area contributed by atoms with Gasteiger partial charge in [-0.15, -0.1) is 0 Å². The molecule has 0 aromatic heterocycles. The SMILES string of the molecule is N=C1C(Br)=CC=C(c2ccccc2N)/C1=N/O. The van der Waals surface area contributed by atoms with Crippen molar-refractivity contribution >= 4 is 38.6 Å². The quantitative estimate of drug-likeness (QED) is 0.322. The molecule has 0 bridgehead atoms. The minimum atomic E-state index is 0.133. The molecule has 0 heterocycles. The van der Waals surface area contributed by atoms with Crippen LogP contribution in [0.3, 0.4) is 0 Å². The lowest BCUT2D eigenvalue weighted by Gasteiger charge is -2.15. The van der Waals surface area contributed by atoms with Crippen LogP contribution in [0.5, 0.6) is 0 Å². The van der Waals surface area contributed by atoms with Crippen LogP contribution in [0.2, 0.25) is 0 Å². The average molecular weight is 292 g/mol. The van der Waals surface area contributed by atoms with Crippen molar-refractivity contribution in [2.75, 3.05) is 5.73 Å². The summed E-state index contributed by atoms with van der Waals surface area (Å²) in [7, 11) is 0. The number of rotatable bonds is 1. The molecule has 17 heavy (non-hydrogen) atoms. The maximum atomic E-state index is 9.02. The molecule has 1 aromatic rings. The van der Waals surface area contributed by atoms with Gasteiger partial charge in [-0.1, -0.05) is 29.4 Å². The molecule has 0 saturated heterocycles. The van der Waals surface area contributed by atoms with Crippen molar-refractivity contribution in [1.82, 2.24) is 0 Å². The number of nitrogens with two attached hydrogens (primary N) is 1. The smallest absolute Gasteiger partial charge is 0.136 e. The Morgan fingerprint density at radius 3 is 2.59 bits per heavy atom. The van der Waals surface area contributed by atoms with Gasteiger partial charge in [-0.25, -0.2) is 0 Å². The second-order valence-electron chi connectivity index (χ2n) is 3.51. The number of oxime groups is 1. The van der Waals surface area contributed by atoms with E-state index in [4.69, 9.17) is 16.4 Å². The van der Waals surface area contributed by atoms with E-state index >= 15 is 0 Å². The van der Waals surface area contributed by atoms with E-state index < -0.39 is 0 Å². The van der Waals surface area contributed by atoms with Gasteiger partial charge >= 0.3 is 0 Å². The highest BCUT2D eigenvalue weighted by atomic mass is 79.9. The Labute approximate surface area is 107 Å². The third-order valence-corrected chi connectivity index (χ3v) is 3.14. The van der Waals surface area contributed by atoms with Crippen molar-refractivity contribution in [1.29, 1.82) is 5.41 Å². The lowest BCUT2D eigenvalue weighted by molar-refractivity contribution is 0.321. The number of hydrogen-bond donors (Lipinski definition) is 3. The normalized spacial score (nSPS) is 17.9. The van der Waals surface area contributed by atoms with E-state index in [0.717, 1.165) is 5.56 Å². The summed E-state index contributed by atoms with van der Waals surface area (Å²) in [5.41, 5.74) is 8.18. The lowest BCUT2D eigenvalue weighted by atomic mass is 9.93. The highest BCUT2D eigenvalue weighted by Gasteiger charge is 2.21. The summed E-state index contributed by atoms with van der Waals surface area (Å²) >= 11 is 3.22. The number of anilines is 1. The summed E-state index contributed by atoms with van der Waals surface area (Å²) in [6.07, 6.45) is 3.50. The first-order valence-corrected chi connectivity index (χ1v) is 5.68. The number of benzene rings is 1. The third kappa shape index (κ3) is 2.01. The molecule has 1 aliphatic rings. The van der Waals surface area contributed by atoms with E-state index in [2.05, 4.69) is 21.1 Å². The van der Waals surface area contributed by atoms with Gasteiger partial charge < -0.3 is 10.9 Å². The molecule has 4 nitrogen and oxygen atoms in total. The molecular formula is C12H10BrN3O. The topological polar surface area (TPSA) is 82.5 Å². The largest absolute Gasteiger partial charge is 0.410 e. The average Bonchev–Trinajstić information content (AvgIpc) is 2.33. The van der Waals surface area contributed by atoms with Crippen molar-refractivity contribution in [3.63, 3.8) is 0 Å². The molecule has 0 aliphatic heterocycles. The zero-order valence-electron chi connectivity index (χ0n) is 8.81. The van der Waals surface area contributed by atoms with E-state index in [-0.39, 0.29) is 11.4 Å². The molecule has 2 rings (SSSR count). The molecule has 0 spiro atoms. The molecule has 0 fully saturated rings. The standard InChI is InChI=1S/C12H10BrN3O/c13-9-6-5-8(12(16-17)11(9)15)7-3-1-2-4-10(7)14/h1-6,15,17H,14H2/b15-11?,16-12-. The molecule has 0 atom stereocenters. The summed E-state index contributed by atoms with van der Waals surface area (Å²) in [5, 5.41) is 20.0. The summed E-state index contributed by atoms with van der Waals surface area (Å²) in [6, 6.07) is 7.27. The van der Waals surface area contributed by atoms with Crippen LogP contribution in [0.1, 0.15) is 5.56 Å². The maximum absolute atomic E-state index is 9.02. The Morgan fingerprint density at radius 1 is 1.24 bits per heavy atom. The summed E-state index contributed by atoms with van der Waals surface area (Å²) in [5.74, 6) is 0.